The summed E-state index contributed by atoms with van der Waals surface area (Å²) in [5, 5.41) is 26.2. The van der Waals surface area contributed by atoms with E-state index in [0.717, 1.165) is 17.3 Å². The lowest BCUT2D eigenvalue weighted by atomic mass is 9.72. The first-order chi connectivity index (χ1) is 22.8. The Morgan fingerprint density at radius 1 is 1.10 bits per heavy atom. The highest BCUT2D eigenvalue weighted by Crippen LogP contribution is 2.59. The van der Waals surface area contributed by atoms with Crippen LogP contribution >= 0.6 is 0 Å². The molecular weight excluding hydrogens is 629 g/mol. The SMILES string of the molecule is CCC(O)(CC)C(=O)N[C@H]1Cc2ccc3c(c2)C2(c4ccccc4NC2O3)c2oc(nc2-c2cc(C(F)(F)F)n[nH]2)[C@H](C(C)C)NC1=O. The summed E-state index contributed by atoms with van der Waals surface area (Å²) in [6, 6.07) is 11.8. The van der Waals surface area contributed by atoms with E-state index in [4.69, 9.17) is 14.1 Å². The van der Waals surface area contributed by atoms with Gasteiger partial charge < -0.3 is 30.2 Å². The second-order valence-electron chi connectivity index (χ2n) is 12.9. The number of halogens is 3. The molecule has 2 amide bonds. The predicted octanol–water partition coefficient (Wildman–Crippen LogP) is 4.97. The molecule has 14 heteroatoms. The molecule has 7 rings (SSSR count). The topological polar surface area (TPSA) is 154 Å². The third kappa shape index (κ3) is 4.75. The molecule has 0 fully saturated rings. The number of aromatic amines is 1. The van der Waals surface area contributed by atoms with Crippen molar-refractivity contribution in [3.63, 3.8) is 0 Å². The first kappa shape index (κ1) is 31.7. The van der Waals surface area contributed by atoms with Gasteiger partial charge in [-0.15, -0.1) is 0 Å². The molecule has 4 atom stereocenters. The average Bonchev–Trinajstić information content (AvgIpc) is 3.83. The molecule has 1 spiro atoms. The van der Waals surface area contributed by atoms with E-state index < -0.39 is 53.0 Å². The van der Waals surface area contributed by atoms with E-state index in [1.165, 1.54) is 0 Å². The predicted molar refractivity (Wildman–Crippen MR) is 167 cm³/mol. The molecule has 0 radical (unpaired) electrons. The molecular formula is C34H35F3N6O5. The van der Waals surface area contributed by atoms with Gasteiger partial charge in [0.15, 0.2) is 17.7 Å². The summed E-state index contributed by atoms with van der Waals surface area (Å²) in [4.78, 5) is 32.1. The number of benzene rings is 2. The van der Waals surface area contributed by atoms with Gasteiger partial charge in [-0.25, -0.2) is 4.98 Å². The van der Waals surface area contributed by atoms with E-state index >= 15 is 0 Å². The van der Waals surface area contributed by atoms with Crippen LogP contribution in [0.1, 0.15) is 80.6 Å². The van der Waals surface area contributed by atoms with Crippen LogP contribution in [0.4, 0.5) is 18.9 Å². The van der Waals surface area contributed by atoms with Gasteiger partial charge in [0, 0.05) is 17.7 Å². The molecule has 48 heavy (non-hydrogen) atoms. The summed E-state index contributed by atoms with van der Waals surface area (Å²) in [5.41, 5.74) is -1.15. The van der Waals surface area contributed by atoms with E-state index in [-0.39, 0.29) is 48.2 Å². The zero-order chi connectivity index (χ0) is 34.2. The second-order valence-corrected chi connectivity index (χ2v) is 12.9. The van der Waals surface area contributed by atoms with Crippen molar-refractivity contribution in [3.8, 4) is 17.1 Å². The molecule has 4 bridgehead atoms. The molecule has 2 aromatic heterocycles. The smallest absolute Gasteiger partial charge is 0.435 e. The maximum absolute atomic E-state index is 14.0. The zero-order valence-corrected chi connectivity index (χ0v) is 26.7. The molecule has 0 saturated carbocycles. The van der Waals surface area contributed by atoms with E-state index in [0.29, 0.717) is 16.9 Å². The van der Waals surface area contributed by atoms with E-state index in [1.807, 2.05) is 44.2 Å². The third-order valence-electron chi connectivity index (χ3n) is 9.76. The minimum Gasteiger partial charge on any atom is -0.469 e. The highest BCUT2D eigenvalue weighted by molar-refractivity contribution is 5.91. The van der Waals surface area contributed by atoms with Gasteiger partial charge >= 0.3 is 6.18 Å². The van der Waals surface area contributed by atoms with Crippen LogP contribution in [0.2, 0.25) is 0 Å². The summed E-state index contributed by atoms with van der Waals surface area (Å²) in [5.74, 6) is -0.747. The van der Waals surface area contributed by atoms with E-state index in [1.54, 1.807) is 26.0 Å². The van der Waals surface area contributed by atoms with Gasteiger partial charge in [0.25, 0.3) is 5.91 Å². The van der Waals surface area contributed by atoms with Gasteiger partial charge in [0.2, 0.25) is 11.8 Å². The quantitative estimate of drug-likeness (QED) is 0.194. The summed E-state index contributed by atoms with van der Waals surface area (Å²) < 4.78 is 54.4. The van der Waals surface area contributed by atoms with Crippen LogP contribution in [0.15, 0.2) is 52.9 Å². The normalized spacial score (nSPS) is 22.9. The minimum absolute atomic E-state index is 0.0262. The number of H-pyrrole nitrogens is 1. The Kier molecular flexibility index (Phi) is 7.35. The lowest BCUT2D eigenvalue weighted by molar-refractivity contribution is -0.143. The lowest BCUT2D eigenvalue weighted by Gasteiger charge is -2.30. The summed E-state index contributed by atoms with van der Waals surface area (Å²) in [6.45, 7) is 7.06. The highest BCUT2D eigenvalue weighted by Gasteiger charge is 2.61. The number of alkyl halides is 3. The van der Waals surface area contributed by atoms with Crippen molar-refractivity contribution in [2.45, 2.75) is 82.5 Å². The van der Waals surface area contributed by atoms with Crippen molar-refractivity contribution in [2.75, 3.05) is 5.32 Å². The van der Waals surface area contributed by atoms with Crippen LogP contribution in [-0.4, -0.2) is 50.0 Å². The van der Waals surface area contributed by atoms with Crippen LogP contribution < -0.4 is 20.7 Å². The first-order valence-electron chi connectivity index (χ1n) is 15.9. The number of para-hydroxylation sites is 1. The molecule has 0 saturated heterocycles. The molecule has 3 aliphatic rings. The summed E-state index contributed by atoms with van der Waals surface area (Å²) >= 11 is 0. The number of fused-ring (bicyclic) bond motifs is 4. The summed E-state index contributed by atoms with van der Waals surface area (Å²) in [7, 11) is 0. The van der Waals surface area contributed by atoms with Crippen molar-refractivity contribution in [2.24, 2.45) is 5.92 Å². The van der Waals surface area contributed by atoms with Crippen molar-refractivity contribution in [1.29, 1.82) is 0 Å². The number of nitrogens with zero attached hydrogens (tertiary/aromatic N) is 2. The first-order valence-corrected chi connectivity index (χ1v) is 15.9. The number of rotatable bonds is 6. The number of carbonyl (C=O) groups is 2. The number of aliphatic hydroxyl groups is 1. The number of anilines is 1. The Labute approximate surface area is 273 Å². The second kappa shape index (κ2) is 11.1. The Morgan fingerprint density at radius 2 is 1.85 bits per heavy atom. The minimum atomic E-state index is -4.71. The molecule has 5 N–H and O–H groups in total. The Balaban J connectivity index is 1.48. The molecule has 2 unspecified atom stereocenters. The standard InChI is InChI=1S/C34H35F3N6O5/c1-5-32(46,6-2)30(45)38-22-14-17-11-12-23-19(13-17)33(18-9-7-8-10-20(18)39-31(33)47-23)27-26(21-15-24(43-42-21)34(35,36)37)41-29(48-27)25(16(3)4)40-28(22)44/h7-13,15-16,22,25,31,39,46H,5-6,14H2,1-4H3,(H,38,45)(H,40,44)(H,42,43)/t22-,25-,31?,33?/m0/s1. The number of carbonyl (C=O) groups excluding carboxylic acids is 2. The number of ether oxygens (including phenoxy) is 1. The fourth-order valence-corrected chi connectivity index (χ4v) is 6.94. The number of oxazole rings is 1. The van der Waals surface area contributed by atoms with Crippen molar-refractivity contribution in [3.05, 3.63) is 82.6 Å². The molecule has 0 aliphatic carbocycles. The number of nitrogens with one attached hydrogen (secondary N) is 4. The summed E-state index contributed by atoms with van der Waals surface area (Å²) in [6.07, 6.45) is -5.11. The van der Waals surface area contributed by atoms with E-state index in [9.17, 15) is 27.9 Å². The van der Waals surface area contributed by atoms with Crippen LogP contribution in [0, 0.1) is 5.92 Å². The molecule has 2 aromatic carbocycles. The van der Waals surface area contributed by atoms with Gasteiger partial charge in [0.05, 0.1) is 5.69 Å². The third-order valence-corrected chi connectivity index (χ3v) is 9.76. The maximum Gasteiger partial charge on any atom is 0.435 e. The molecule has 4 aromatic rings. The van der Waals surface area contributed by atoms with Crippen LogP contribution in [0.3, 0.4) is 0 Å². The highest BCUT2D eigenvalue weighted by atomic mass is 19.4. The van der Waals surface area contributed by atoms with Crippen molar-refractivity contribution < 1.29 is 37.0 Å². The van der Waals surface area contributed by atoms with E-state index in [2.05, 4.69) is 26.1 Å². The van der Waals surface area contributed by atoms with Crippen LogP contribution in [-0.2, 0) is 27.6 Å². The molecule has 11 nitrogen and oxygen atoms in total. The van der Waals surface area contributed by atoms with Gasteiger partial charge in [-0.1, -0.05) is 58.0 Å². The monoisotopic (exact) mass is 664 g/mol. The Bertz CT molecular complexity index is 1910. The molecule has 5 heterocycles. The average molecular weight is 665 g/mol. The van der Waals surface area contributed by atoms with Gasteiger partial charge in [0.1, 0.15) is 34.5 Å². The lowest BCUT2D eigenvalue weighted by Crippen LogP contribution is -2.55. The largest absolute Gasteiger partial charge is 0.469 e. The molecule has 3 aliphatic heterocycles. The number of aromatic nitrogens is 3. The number of hydrogen-bond acceptors (Lipinski definition) is 8. The maximum atomic E-state index is 14.0. The molecule has 252 valence electrons. The van der Waals surface area contributed by atoms with Crippen molar-refractivity contribution in [1.82, 2.24) is 25.8 Å². The van der Waals surface area contributed by atoms with Gasteiger partial charge in [-0.3, -0.25) is 14.7 Å². The van der Waals surface area contributed by atoms with Gasteiger partial charge in [-0.2, -0.15) is 18.3 Å². The van der Waals surface area contributed by atoms with Crippen LogP contribution in [0.25, 0.3) is 11.4 Å². The Hall–Kier alpha value is -4.85. The van der Waals surface area contributed by atoms with Gasteiger partial charge in [-0.05, 0) is 48.1 Å². The van der Waals surface area contributed by atoms with Crippen LogP contribution in [0.5, 0.6) is 5.75 Å². The number of hydrogen-bond donors (Lipinski definition) is 5. The fourth-order valence-electron chi connectivity index (χ4n) is 6.94. The van der Waals surface area contributed by atoms with Crippen molar-refractivity contribution >= 4 is 17.5 Å². The fraction of sp³-hybridized carbons (Fsp3) is 0.412. The zero-order valence-electron chi connectivity index (χ0n) is 26.7. The number of amides is 2. The Morgan fingerprint density at radius 3 is 2.54 bits per heavy atom.